The lowest BCUT2D eigenvalue weighted by Crippen LogP contribution is -2.41. The highest BCUT2D eigenvalue weighted by atomic mass is 35.5. The quantitative estimate of drug-likeness (QED) is 0.927. The van der Waals surface area contributed by atoms with E-state index < -0.39 is 0 Å². The molecule has 0 aliphatic carbocycles. The Balaban J connectivity index is 1.97. The molecule has 2 atom stereocenters. The van der Waals surface area contributed by atoms with Gasteiger partial charge in [-0.1, -0.05) is 29.3 Å². The Morgan fingerprint density at radius 3 is 2.85 bits per heavy atom. The summed E-state index contributed by atoms with van der Waals surface area (Å²) >= 11 is 12.0. The number of halogens is 2. The minimum atomic E-state index is -0.184. The normalized spacial score (nSPS) is 22.0. The third kappa shape index (κ3) is 3.64. The maximum atomic E-state index is 12.3. The maximum Gasteiger partial charge on any atom is 0.239 e. The summed E-state index contributed by atoms with van der Waals surface area (Å²) in [7, 11) is 3.44. The second kappa shape index (κ2) is 6.76. The Morgan fingerprint density at radius 1 is 1.50 bits per heavy atom. The van der Waals surface area contributed by atoms with E-state index in [1.54, 1.807) is 31.2 Å². The van der Waals surface area contributed by atoms with Crippen molar-refractivity contribution < 1.29 is 9.53 Å². The molecule has 1 aliphatic rings. The molecule has 1 fully saturated rings. The first kappa shape index (κ1) is 15.6. The Kier molecular flexibility index (Phi) is 5.27. The molecule has 0 aromatic heterocycles. The number of nitrogens with zero attached hydrogens (tertiary/aromatic N) is 1. The van der Waals surface area contributed by atoms with Gasteiger partial charge in [0.05, 0.1) is 12.1 Å². The number of hydrogen-bond donors (Lipinski definition) is 1. The fourth-order valence-corrected chi connectivity index (χ4v) is 2.79. The van der Waals surface area contributed by atoms with Crippen LogP contribution in [0, 0.1) is 0 Å². The second-order valence-corrected chi connectivity index (χ2v) is 5.83. The van der Waals surface area contributed by atoms with Gasteiger partial charge in [-0.25, -0.2) is 0 Å². The molecule has 20 heavy (non-hydrogen) atoms. The van der Waals surface area contributed by atoms with Crippen LogP contribution in [0.4, 0.5) is 0 Å². The zero-order valence-electron chi connectivity index (χ0n) is 11.5. The zero-order valence-corrected chi connectivity index (χ0v) is 13.0. The van der Waals surface area contributed by atoms with Gasteiger partial charge in [0.1, 0.15) is 0 Å². The maximum absolute atomic E-state index is 12.3. The van der Waals surface area contributed by atoms with E-state index in [1.807, 2.05) is 6.07 Å². The number of carbonyl (C=O) groups is 1. The number of nitrogens with one attached hydrogen (secondary N) is 1. The van der Waals surface area contributed by atoms with Crippen molar-refractivity contribution in [2.45, 2.75) is 25.1 Å². The molecular formula is C14H18Cl2N2O2. The lowest BCUT2D eigenvalue weighted by molar-refractivity contribution is -0.132. The van der Waals surface area contributed by atoms with Gasteiger partial charge in [-0.2, -0.15) is 0 Å². The van der Waals surface area contributed by atoms with E-state index in [4.69, 9.17) is 27.9 Å². The first-order valence-electron chi connectivity index (χ1n) is 6.46. The molecule has 0 saturated carbocycles. The highest BCUT2D eigenvalue weighted by molar-refractivity contribution is 6.35. The van der Waals surface area contributed by atoms with Crippen LogP contribution in [0.2, 0.25) is 10.0 Å². The number of ether oxygens (including phenoxy) is 1. The number of likely N-dealkylation sites (N-methyl/N-ethyl adjacent to an activating group) is 1. The Hall–Kier alpha value is -0.810. The molecule has 0 bridgehead atoms. The van der Waals surface area contributed by atoms with Crippen LogP contribution in [0.15, 0.2) is 18.2 Å². The van der Waals surface area contributed by atoms with Crippen LogP contribution in [0.3, 0.4) is 0 Å². The van der Waals surface area contributed by atoms with Gasteiger partial charge in [-0.3, -0.25) is 4.79 Å². The van der Waals surface area contributed by atoms with Crippen LogP contribution in [0.5, 0.6) is 0 Å². The second-order valence-electron chi connectivity index (χ2n) is 4.98. The highest BCUT2D eigenvalue weighted by Crippen LogP contribution is 2.22. The van der Waals surface area contributed by atoms with Crippen LogP contribution < -0.4 is 5.32 Å². The number of amides is 1. The molecule has 1 N–H and O–H groups in total. The van der Waals surface area contributed by atoms with Gasteiger partial charge < -0.3 is 15.0 Å². The number of methoxy groups -OCH3 is 1. The minimum absolute atomic E-state index is 0.0515. The fraction of sp³-hybridized carbons (Fsp3) is 0.500. The van der Waals surface area contributed by atoms with Gasteiger partial charge in [-0.05, 0) is 24.1 Å². The molecule has 4 nitrogen and oxygen atoms in total. The first-order valence-corrected chi connectivity index (χ1v) is 7.22. The van der Waals surface area contributed by atoms with Gasteiger partial charge in [-0.15, -0.1) is 0 Å². The first-order chi connectivity index (χ1) is 9.51. The van der Waals surface area contributed by atoms with Crippen LogP contribution in [-0.4, -0.2) is 43.7 Å². The highest BCUT2D eigenvalue weighted by Gasteiger charge is 2.31. The summed E-state index contributed by atoms with van der Waals surface area (Å²) in [6.07, 6.45) is 0.810. The lowest BCUT2D eigenvalue weighted by atomic mass is 10.1. The van der Waals surface area contributed by atoms with Crippen LogP contribution in [-0.2, 0) is 16.1 Å². The van der Waals surface area contributed by atoms with Gasteiger partial charge in [0.25, 0.3) is 0 Å². The average molecular weight is 317 g/mol. The van der Waals surface area contributed by atoms with E-state index in [0.29, 0.717) is 29.6 Å². The summed E-state index contributed by atoms with van der Waals surface area (Å²) < 4.78 is 5.25. The molecule has 1 heterocycles. The van der Waals surface area contributed by atoms with E-state index in [9.17, 15) is 4.79 Å². The predicted molar refractivity (Wildman–Crippen MR) is 80.1 cm³/mol. The molecule has 2 unspecified atom stereocenters. The SMILES string of the molecule is COC1CNC(C(=O)N(C)Cc2ccc(Cl)cc2Cl)C1. The molecule has 0 radical (unpaired) electrons. The Morgan fingerprint density at radius 2 is 2.25 bits per heavy atom. The van der Waals surface area contributed by atoms with Crippen LogP contribution in [0.25, 0.3) is 0 Å². The predicted octanol–water partition coefficient (Wildman–Crippen LogP) is 2.33. The molecule has 1 aromatic rings. The summed E-state index contributed by atoms with van der Waals surface area (Å²) in [4.78, 5) is 14.0. The fourth-order valence-electron chi connectivity index (χ4n) is 2.32. The van der Waals surface area contributed by atoms with E-state index in [1.165, 1.54) is 0 Å². The number of carbonyl (C=O) groups excluding carboxylic acids is 1. The van der Waals surface area contributed by atoms with E-state index in [0.717, 1.165) is 5.56 Å². The molecule has 2 rings (SSSR count). The standard InChI is InChI=1S/C14H18Cl2N2O2/c1-18(8-9-3-4-10(15)5-12(9)16)14(19)13-6-11(20-2)7-17-13/h3-5,11,13,17H,6-8H2,1-2H3. The molecule has 0 spiro atoms. The van der Waals surface area contributed by atoms with Crippen molar-refractivity contribution in [1.82, 2.24) is 10.2 Å². The Bertz CT molecular complexity index is 496. The monoisotopic (exact) mass is 316 g/mol. The van der Waals surface area contributed by atoms with E-state index in [2.05, 4.69) is 5.32 Å². The molecular weight excluding hydrogens is 299 g/mol. The molecule has 1 aliphatic heterocycles. The third-order valence-corrected chi connectivity index (χ3v) is 4.11. The van der Waals surface area contributed by atoms with Crippen LogP contribution >= 0.6 is 23.2 Å². The zero-order chi connectivity index (χ0) is 14.7. The largest absolute Gasteiger partial charge is 0.380 e. The van der Waals surface area contributed by atoms with Crippen molar-refractivity contribution in [3.63, 3.8) is 0 Å². The smallest absolute Gasteiger partial charge is 0.239 e. The van der Waals surface area contributed by atoms with E-state index >= 15 is 0 Å². The average Bonchev–Trinajstić information content (AvgIpc) is 2.89. The molecule has 1 saturated heterocycles. The number of hydrogen-bond acceptors (Lipinski definition) is 3. The molecule has 1 amide bonds. The summed E-state index contributed by atoms with van der Waals surface area (Å²) in [6.45, 7) is 1.17. The van der Waals surface area contributed by atoms with Crippen LogP contribution in [0.1, 0.15) is 12.0 Å². The van der Waals surface area contributed by atoms with Gasteiger partial charge in [0, 0.05) is 37.3 Å². The topological polar surface area (TPSA) is 41.6 Å². The van der Waals surface area contributed by atoms with Gasteiger partial charge >= 0.3 is 0 Å². The number of rotatable bonds is 4. The van der Waals surface area contributed by atoms with Crippen molar-refractivity contribution in [1.29, 1.82) is 0 Å². The minimum Gasteiger partial charge on any atom is -0.380 e. The van der Waals surface area contributed by atoms with Gasteiger partial charge in [0.15, 0.2) is 0 Å². The third-order valence-electron chi connectivity index (χ3n) is 3.52. The van der Waals surface area contributed by atoms with E-state index in [-0.39, 0.29) is 18.1 Å². The summed E-state index contributed by atoms with van der Waals surface area (Å²) in [5.74, 6) is 0.0515. The van der Waals surface area contributed by atoms with Crippen molar-refractivity contribution in [3.05, 3.63) is 33.8 Å². The number of benzene rings is 1. The van der Waals surface area contributed by atoms with Crippen molar-refractivity contribution >= 4 is 29.1 Å². The Labute approximate surface area is 129 Å². The lowest BCUT2D eigenvalue weighted by Gasteiger charge is -2.21. The molecule has 1 aromatic carbocycles. The van der Waals surface area contributed by atoms with Crippen molar-refractivity contribution in [3.8, 4) is 0 Å². The summed E-state index contributed by atoms with van der Waals surface area (Å²) in [5, 5.41) is 4.34. The van der Waals surface area contributed by atoms with Crippen molar-refractivity contribution in [2.75, 3.05) is 20.7 Å². The molecule has 6 heteroatoms. The summed E-state index contributed by atoms with van der Waals surface area (Å²) in [6, 6.07) is 5.12. The van der Waals surface area contributed by atoms with Crippen molar-refractivity contribution in [2.24, 2.45) is 0 Å². The molecule has 110 valence electrons. The summed E-state index contributed by atoms with van der Waals surface area (Å²) in [5.41, 5.74) is 0.883. The van der Waals surface area contributed by atoms with Gasteiger partial charge in [0.2, 0.25) is 5.91 Å².